The number of hydrogen-bond acceptors (Lipinski definition) is 6. The summed E-state index contributed by atoms with van der Waals surface area (Å²) in [7, 11) is 3.22. The van der Waals surface area contributed by atoms with Crippen molar-refractivity contribution >= 4 is 5.82 Å². The lowest BCUT2D eigenvalue weighted by Crippen LogP contribution is -2.09. The highest BCUT2D eigenvalue weighted by Gasteiger charge is 2.07. The molecule has 1 aromatic heterocycles. The predicted octanol–water partition coefficient (Wildman–Crippen LogP) is 1.92. The quantitative estimate of drug-likeness (QED) is 0.757. The Morgan fingerprint density at radius 3 is 2.48 bits per heavy atom. The summed E-state index contributed by atoms with van der Waals surface area (Å²) in [6.45, 7) is 1.45. The first kappa shape index (κ1) is 15.1. The number of benzene rings is 1. The molecule has 0 saturated heterocycles. The molecule has 0 radical (unpaired) electrons. The summed E-state index contributed by atoms with van der Waals surface area (Å²) in [6.07, 6.45) is 0.902. The monoisotopic (exact) mass is 288 g/mol. The van der Waals surface area contributed by atoms with Gasteiger partial charge in [-0.2, -0.15) is 0 Å². The van der Waals surface area contributed by atoms with E-state index >= 15 is 0 Å². The van der Waals surface area contributed by atoms with Crippen molar-refractivity contribution in [1.29, 1.82) is 0 Å². The van der Waals surface area contributed by atoms with Gasteiger partial charge in [-0.05, 0) is 43.3 Å². The van der Waals surface area contributed by atoms with E-state index in [1.165, 1.54) is 0 Å². The molecule has 6 nitrogen and oxygen atoms in total. The van der Waals surface area contributed by atoms with Crippen LogP contribution in [0.3, 0.4) is 0 Å². The summed E-state index contributed by atoms with van der Waals surface area (Å²) in [6, 6.07) is 9.47. The fourth-order valence-corrected chi connectivity index (χ4v) is 1.89. The molecule has 0 aliphatic rings. The van der Waals surface area contributed by atoms with Crippen LogP contribution in [-0.4, -0.2) is 37.5 Å². The van der Waals surface area contributed by atoms with Crippen LogP contribution < -0.4 is 20.5 Å². The maximum absolute atomic E-state index is 5.45. The topological polar surface area (TPSA) is 82.3 Å². The molecule has 112 valence electrons. The van der Waals surface area contributed by atoms with Gasteiger partial charge in [0.05, 0.1) is 19.9 Å². The summed E-state index contributed by atoms with van der Waals surface area (Å²) in [5.41, 5.74) is 7.15. The molecule has 0 aliphatic carbocycles. The first-order valence-corrected chi connectivity index (χ1v) is 6.78. The molecule has 0 amide bonds. The van der Waals surface area contributed by atoms with Gasteiger partial charge in [-0.15, -0.1) is 10.2 Å². The van der Waals surface area contributed by atoms with E-state index in [1.807, 2.05) is 30.3 Å². The second-order valence-electron chi connectivity index (χ2n) is 4.44. The Labute approximate surface area is 124 Å². The highest BCUT2D eigenvalue weighted by atomic mass is 16.5. The lowest BCUT2D eigenvalue weighted by atomic mass is 10.1. The van der Waals surface area contributed by atoms with Gasteiger partial charge in [0.2, 0.25) is 0 Å². The van der Waals surface area contributed by atoms with Gasteiger partial charge in [-0.25, -0.2) is 0 Å². The zero-order chi connectivity index (χ0) is 15.1. The van der Waals surface area contributed by atoms with E-state index in [9.17, 15) is 0 Å². The minimum atomic E-state index is 0.657. The van der Waals surface area contributed by atoms with E-state index < -0.39 is 0 Å². The van der Waals surface area contributed by atoms with Gasteiger partial charge >= 0.3 is 0 Å². The number of methoxy groups -OCH3 is 2. The van der Waals surface area contributed by atoms with Crippen molar-refractivity contribution in [3.8, 4) is 22.8 Å². The maximum atomic E-state index is 5.45. The molecular formula is C15H20N4O2. The third kappa shape index (κ3) is 3.82. The number of nitrogens with two attached hydrogens (primary N) is 1. The van der Waals surface area contributed by atoms with Crippen LogP contribution in [0.4, 0.5) is 5.82 Å². The average molecular weight is 288 g/mol. The Kier molecular flexibility index (Phi) is 5.34. The van der Waals surface area contributed by atoms with Gasteiger partial charge in [0.1, 0.15) is 5.82 Å². The van der Waals surface area contributed by atoms with Crippen molar-refractivity contribution in [2.45, 2.75) is 6.42 Å². The SMILES string of the molecule is COc1ccc(-c2ccc(NCCCN)nn2)cc1OC. The highest BCUT2D eigenvalue weighted by molar-refractivity contribution is 5.64. The van der Waals surface area contributed by atoms with Crippen LogP contribution in [0.25, 0.3) is 11.3 Å². The first-order valence-electron chi connectivity index (χ1n) is 6.78. The second kappa shape index (κ2) is 7.44. The van der Waals surface area contributed by atoms with Gasteiger partial charge in [0.25, 0.3) is 0 Å². The Hall–Kier alpha value is -2.34. The van der Waals surface area contributed by atoms with Crippen molar-refractivity contribution < 1.29 is 9.47 Å². The summed E-state index contributed by atoms with van der Waals surface area (Å²) in [5, 5.41) is 11.5. The van der Waals surface area contributed by atoms with Crippen LogP contribution in [0.1, 0.15) is 6.42 Å². The molecule has 2 aromatic rings. The molecular weight excluding hydrogens is 268 g/mol. The highest BCUT2D eigenvalue weighted by Crippen LogP contribution is 2.31. The number of nitrogens with one attached hydrogen (secondary N) is 1. The van der Waals surface area contributed by atoms with Gasteiger partial charge in [0.15, 0.2) is 11.5 Å². The van der Waals surface area contributed by atoms with Gasteiger partial charge in [0, 0.05) is 12.1 Å². The zero-order valence-corrected chi connectivity index (χ0v) is 12.3. The molecule has 0 fully saturated rings. The number of ether oxygens (including phenoxy) is 2. The number of aromatic nitrogens is 2. The molecule has 1 heterocycles. The average Bonchev–Trinajstić information content (AvgIpc) is 2.55. The van der Waals surface area contributed by atoms with E-state index in [4.69, 9.17) is 15.2 Å². The third-order valence-corrected chi connectivity index (χ3v) is 3.03. The molecule has 0 saturated carbocycles. The molecule has 3 N–H and O–H groups in total. The molecule has 1 aromatic carbocycles. The fraction of sp³-hybridized carbons (Fsp3) is 0.333. The van der Waals surface area contributed by atoms with Gasteiger partial charge < -0.3 is 20.5 Å². The van der Waals surface area contributed by atoms with Crippen molar-refractivity contribution in [2.75, 3.05) is 32.6 Å². The summed E-state index contributed by atoms with van der Waals surface area (Å²) >= 11 is 0. The molecule has 0 unspecified atom stereocenters. The summed E-state index contributed by atoms with van der Waals surface area (Å²) in [4.78, 5) is 0. The molecule has 6 heteroatoms. The normalized spacial score (nSPS) is 10.2. The van der Waals surface area contributed by atoms with Gasteiger partial charge in [-0.3, -0.25) is 0 Å². The van der Waals surface area contributed by atoms with E-state index in [0.29, 0.717) is 18.0 Å². The number of anilines is 1. The Bertz CT molecular complexity index is 572. The van der Waals surface area contributed by atoms with Crippen LogP contribution in [0.5, 0.6) is 11.5 Å². The molecule has 21 heavy (non-hydrogen) atoms. The van der Waals surface area contributed by atoms with Gasteiger partial charge in [-0.1, -0.05) is 0 Å². The molecule has 0 aliphatic heterocycles. The van der Waals surface area contributed by atoms with Crippen molar-refractivity contribution in [1.82, 2.24) is 10.2 Å². The molecule has 0 atom stereocenters. The third-order valence-electron chi connectivity index (χ3n) is 3.03. The fourth-order valence-electron chi connectivity index (χ4n) is 1.89. The minimum absolute atomic E-state index is 0.657. The van der Waals surface area contributed by atoms with E-state index in [0.717, 1.165) is 30.0 Å². The van der Waals surface area contributed by atoms with Crippen molar-refractivity contribution in [3.05, 3.63) is 30.3 Å². The first-order chi connectivity index (χ1) is 10.3. The molecule has 0 bridgehead atoms. The zero-order valence-electron chi connectivity index (χ0n) is 12.3. The van der Waals surface area contributed by atoms with Crippen LogP contribution in [0.15, 0.2) is 30.3 Å². The van der Waals surface area contributed by atoms with E-state index in [1.54, 1.807) is 14.2 Å². The van der Waals surface area contributed by atoms with Crippen LogP contribution >= 0.6 is 0 Å². The van der Waals surface area contributed by atoms with E-state index in [-0.39, 0.29) is 0 Å². The second-order valence-corrected chi connectivity index (χ2v) is 4.44. The lowest BCUT2D eigenvalue weighted by Gasteiger charge is -2.09. The smallest absolute Gasteiger partial charge is 0.161 e. The molecule has 0 spiro atoms. The maximum Gasteiger partial charge on any atom is 0.161 e. The Balaban J connectivity index is 2.14. The number of rotatable bonds is 7. The number of nitrogens with zero attached hydrogens (tertiary/aromatic N) is 2. The Morgan fingerprint density at radius 1 is 1.05 bits per heavy atom. The van der Waals surface area contributed by atoms with Crippen LogP contribution in [-0.2, 0) is 0 Å². The Morgan fingerprint density at radius 2 is 1.86 bits per heavy atom. The van der Waals surface area contributed by atoms with Crippen LogP contribution in [0.2, 0.25) is 0 Å². The standard InChI is InChI=1S/C15H20N4O2/c1-20-13-6-4-11(10-14(13)21-2)12-5-7-15(19-18-12)17-9-3-8-16/h4-7,10H,3,8-9,16H2,1-2H3,(H,17,19). The largest absolute Gasteiger partial charge is 0.493 e. The van der Waals surface area contributed by atoms with Crippen molar-refractivity contribution in [2.24, 2.45) is 5.73 Å². The lowest BCUT2D eigenvalue weighted by molar-refractivity contribution is 0.355. The van der Waals surface area contributed by atoms with E-state index in [2.05, 4.69) is 15.5 Å². The molecule has 2 rings (SSSR count). The summed E-state index contributed by atoms with van der Waals surface area (Å²) < 4.78 is 10.5. The summed E-state index contributed by atoms with van der Waals surface area (Å²) in [5.74, 6) is 2.10. The minimum Gasteiger partial charge on any atom is -0.493 e. The van der Waals surface area contributed by atoms with Crippen LogP contribution in [0, 0.1) is 0 Å². The van der Waals surface area contributed by atoms with Crippen molar-refractivity contribution in [3.63, 3.8) is 0 Å². The number of hydrogen-bond donors (Lipinski definition) is 2. The predicted molar refractivity (Wildman–Crippen MR) is 82.7 cm³/mol.